The standard InChI is InChI=1S/C22H22ClN3O4S/c1-15-17(23)4-3-5-22(15)31(27,28)25-18-8-9-24-13-21(18)30-14-16-6-7-19-20(12-16)29-11-10-26(19)2/h3-9,12-13H,10-11,14H2,1-2H3,(H,24,25). The normalized spacial score (nSPS) is 13.3. The zero-order chi connectivity index (χ0) is 22.0. The summed E-state index contributed by atoms with van der Waals surface area (Å²) in [6.45, 7) is 3.37. The highest BCUT2D eigenvalue weighted by Crippen LogP contribution is 2.33. The van der Waals surface area contributed by atoms with E-state index < -0.39 is 10.0 Å². The molecular formula is C22H22ClN3O4S. The monoisotopic (exact) mass is 459 g/mol. The van der Waals surface area contributed by atoms with Crippen molar-refractivity contribution in [3.63, 3.8) is 0 Å². The van der Waals surface area contributed by atoms with Crippen LogP contribution in [0, 0.1) is 6.92 Å². The highest BCUT2D eigenvalue weighted by Gasteiger charge is 2.20. The van der Waals surface area contributed by atoms with Gasteiger partial charge in [0.1, 0.15) is 19.0 Å². The van der Waals surface area contributed by atoms with Gasteiger partial charge in [-0.15, -0.1) is 0 Å². The number of hydrogen-bond acceptors (Lipinski definition) is 6. The van der Waals surface area contributed by atoms with Gasteiger partial charge in [-0.25, -0.2) is 8.42 Å². The molecule has 0 saturated carbocycles. The fourth-order valence-corrected chi connectivity index (χ4v) is 4.88. The van der Waals surface area contributed by atoms with Gasteiger partial charge in [0.25, 0.3) is 10.0 Å². The number of aromatic nitrogens is 1. The first kappa shape index (κ1) is 21.3. The Hall–Kier alpha value is -2.97. The number of sulfonamides is 1. The summed E-state index contributed by atoms with van der Waals surface area (Å²) in [5.41, 5.74) is 2.70. The Morgan fingerprint density at radius 2 is 2.10 bits per heavy atom. The van der Waals surface area contributed by atoms with Gasteiger partial charge >= 0.3 is 0 Å². The van der Waals surface area contributed by atoms with Gasteiger partial charge in [-0.1, -0.05) is 23.7 Å². The fourth-order valence-electron chi connectivity index (χ4n) is 3.31. The van der Waals surface area contributed by atoms with Crippen LogP contribution < -0.4 is 19.1 Å². The molecule has 0 unspecified atom stereocenters. The molecule has 1 aliphatic rings. The Morgan fingerprint density at radius 1 is 1.26 bits per heavy atom. The lowest BCUT2D eigenvalue weighted by Crippen LogP contribution is -2.28. The number of fused-ring (bicyclic) bond motifs is 1. The summed E-state index contributed by atoms with van der Waals surface area (Å²) >= 11 is 6.09. The molecule has 0 fully saturated rings. The molecule has 0 amide bonds. The Morgan fingerprint density at radius 3 is 2.94 bits per heavy atom. The summed E-state index contributed by atoms with van der Waals surface area (Å²) < 4.78 is 40.1. The van der Waals surface area contributed by atoms with E-state index in [0.29, 0.717) is 28.6 Å². The third kappa shape index (κ3) is 4.55. The van der Waals surface area contributed by atoms with Gasteiger partial charge in [-0.3, -0.25) is 9.71 Å². The van der Waals surface area contributed by atoms with Gasteiger partial charge in [0.2, 0.25) is 0 Å². The summed E-state index contributed by atoms with van der Waals surface area (Å²) in [7, 11) is -1.84. The van der Waals surface area contributed by atoms with Crippen LogP contribution in [0.5, 0.6) is 11.5 Å². The first-order chi connectivity index (χ1) is 14.8. The second-order valence-corrected chi connectivity index (χ2v) is 9.26. The van der Waals surface area contributed by atoms with Crippen molar-refractivity contribution in [2.75, 3.05) is 29.8 Å². The molecule has 1 aliphatic heterocycles. The average molecular weight is 460 g/mol. The van der Waals surface area contributed by atoms with Crippen molar-refractivity contribution in [3.05, 3.63) is 71.0 Å². The fraction of sp³-hybridized carbons (Fsp3) is 0.227. The molecular weight excluding hydrogens is 438 g/mol. The average Bonchev–Trinajstić information content (AvgIpc) is 2.75. The molecule has 7 nitrogen and oxygen atoms in total. The molecule has 0 spiro atoms. The largest absolute Gasteiger partial charge is 0.490 e. The number of benzene rings is 2. The van der Waals surface area contributed by atoms with Crippen molar-refractivity contribution in [3.8, 4) is 11.5 Å². The molecule has 31 heavy (non-hydrogen) atoms. The number of pyridine rings is 1. The van der Waals surface area contributed by atoms with E-state index in [1.807, 2.05) is 25.2 Å². The minimum atomic E-state index is -3.86. The molecule has 0 bridgehead atoms. The number of rotatable bonds is 6. The summed E-state index contributed by atoms with van der Waals surface area (Å²) in [5, 5.41) is 0.384. The third-order valence-corrected chi connectivity index (χ3v) is 6.97. The number of hydrogen-bond donors (Lipinski definition) is 1. The number of nitrogens with one attached hydrogen (secondary N) is 1. The van der Waals surface area contributed by atoms with Crippen LogP contribution in [0.25, 0.3) is 0 Å². The zero-order valence-electron chi connectivity index (χ0n) is 17.1. The van der Waals surface area contributed by atoms with Gasteiger partial charge in [-0.2, -0.15) is 0 Å². The minimum absolute atomic E-state index is 0.110. The molecule has 2 aromatic carbocycles. The second-order valence-electron chi connectivity index (χ2n) is 7.20. The lowest BCUT2D eigenvalue weighted by molar-refractivity contribution is 0.298. The second kappa shape index (κ2) is 8.64. The van der Waals surface area contributed by atoms with Crippen LogP contribution in [-0.2, 0) is 16.6 Å². The minimum Gasteiger partial charge on any atom is -0.490 e. The summed E-state index contributed by atoms with van der Waals surface area (Å²) in [4.78, 5) is 6.30. The number of anilines is 2. The van der Waals surface area contributed by atoms with Gasteiger partial charge in [-0.05, 0) is 48.4 Å². The first-order valence-corrected chi connectivity index (χ1v) is 11.5. The van der Waals surface area contributed by atoms with Gasteiger partial charge in [0.05, 0.1) is 29.0 Å². The molecule has 9 heteroatoms. The quantitative estimate of drug-likeness (QED) is 0.593. The molecule has 2 heterocycles. The molecule has 0 saturated heterocycles. The molecule has 0 radical (unpaired) electrons. The lowest BCUT2D eigenvalue weighted by Gasteiger charge is -2.28. The molecule has 1 aromatic heterocycles. The highest BCUT2D eigenvalue weighted by atomic mass is 35.5. The molecule has 1 N–H and O–H groups in total. The molecule has 0 aliphatic carbocycles. The van der Waals surface area contributed by atoms with Crippen LogP contribution >= 0.6 is 11.6 Å². The van der Waals surface area contributed by atoms with Crippen molar-refractivity contribution in [1.82, 2.24) is 4.98 Å². The lowest BCUT2D eigenvalue weighted by atomic mass is 10.1. The maximum Gasteiger partial charge on any atom is 0.262 e. The van der Waals surface area contributed by atoms with E-state index in [2.05, 4.69) is 14.6 Å². The predicted octanol–water partition coefficient (Wildman–Crippen LogP) is 4.25. The van der Waals surface area contributed by atoms with E-state index in [9.17, 15) is 8.42 Å². The van der Waals surface area contributed by atoms with Crippen molar-refractivity contribution >= 4 is 33.0 Å². The first-order valence-electron chi connectivity index (χ1n) is 9.67. The SMILES string of the molecule is Cc1c(Cl)cccc1S(=O)(=O)Nc1ccncc1OCc1ccc2c(c1)OCCN2C. The maximum atomic E-state index is 12.9. The topological polar surface area (TPSA) is 80.8 Å². The predicted molar refractivity (Wildman–Crippen MR) is 121 cm³/mol. The molecule has 3 aromatic rings. The van der Waals surface area contributed by atoms with Crippen LogP contribution in [0.1, 0.15) is 11.1 Å². The number of nitrogens with zero attached hydrogens (tertiary/aromatic N) is 2. The number of ether oxygens (including phenoxy) is 2. The molecule has 4 rings (SSSR count). The zero-order valence-corrected chi connectivity index (χ0v) is 18.7. The van der Waals surface area contributed by atoms with Crippen LogP contribution in [0.2, 0.25) is 5.02 Å². The Kier molecular flexibility index (Phi) is 5.93. The van der Waals surface area contributed by atoms with E-state index in [4.69, 9.17) is 21.1 Å². The summed E-state index contributed by atoms with van der Waals surface area (Å²) in [6, 6.07) is 12.2. The number of halogens is 1. The third-order valence-electron chi connectivity index (χ3n) is 5.05. The van der Waals surface area contributed by atoms with Crippen molar-refractivity contribution in [1.29, 1.82) is 0 Å². The summed E-state index contributed by atoms with van der Waals surface area (Å²) in [6.07, 6.45) is 2.98. The smallest absolute Gasteiger partial charge is 0.262 e. The van der Waals surface area contributed by atoms with E-state index in [0.717, 1.165) is 23.5 Å². The van der Waals surface area contributed by atoms with Gasteiger partial charge < -0.3 is 14.4 Å². The Labute approximate surface area is 186 Å². The van der Waals surface area contributed by atoms with Crippen molar-refractivity contribution in [2.24, 2.45) is 0 Å². The van der Waals surface area contributed by atoms with Crippen LogP contribution in [-0.4, -0.2) is 33.6 Å². The van der Waals surface area contributed by atoms with E-state index >= 15 is 0 Å². The van der Waals surface area contributed by atoms with Crippen molar-refractivity contribution in [2.45, 2.75) is 18.4 Å². The van der Waals surface area contributed by atoms with E-state index in [1.165, 1.54) is 18.5 Å². The van der Waals surface area contributed by atoms with Crippen molar-refractivity contribution < 1.29 is 17.9 Å². The highest BCUT2D eigenvalue weighted by molar-refractivity contribution is 7.92. The van der Waals surface area contributed by atoms with Crippen LogP contribution in [0.3, 0.4) is 0 Å². The summed E-state index contributed by atoms with van der Waals surface area (Å²) in [5.74, 6) is 1.12. The molecule has 162 valence electrons. The molecule has 0 atom stereocenters. The number of likely N-dealkylation sites (N-methyl/N-ethyl adjacent to an activating group) is 1. The van der Waals surface area contributed by atoms with Crippen LogP contribution in [0.4, 0.5) is 11.4 Å². The maximum absolute atomic E-state index is 12.9. The Balaban J connectivity index is 1.54. The van der Waals surface area contributed by atoms with E-state index in [-0.39, 0.29) is 11.5 Å². The van der Waals surface area contributed by atoms with E-state index in [1.54, 1.807) is 25.1 Å². The van der Waals surface area contributed by atoms with Crippen LogP contribution in [0.15, 0.2) is 59.8 Å². The van der Waals surface area contributed by atoms with Gasteiger partial charge in [0.15, 0.2) is 5.75 Å². The van der Waals surface area contributed by atoms with Gasteiger partial charge in [0, 0.05) is 18.3 Å². The Bertz CT molecular complexity index is 1220.